The topological polar surface area (TPSA) is 41.5 Å². The van der Waals surface area contributed by atoms with Crippen LogP contribution in [0, 0.1) is 17.8 Å². The zero-order valence-corrected chi connectivity index (χ0v) is 10.9. The van der Waals surface area contributed by atoms with Crippen LogP contribution in [0.2, 0.25) is 0 Å². The molecule has 3 atom stereocenters. The minimum absolute atomic E-state index is 0.193. The van der Waals surface area contributed by atoms with E-state index in [0.29, 0.717) is 19.1 Å². The molecule has 0 radical (unpaired) electrons. The van der Waals surface area contributed by atoms with Crippen molar-refractivity contribution in [2.75, 3.05) is 26.8 Å². The van der Waals surface area contributed by atoms with E-state index in [1.807, 2.05) is 0 Å². The molecule has 0 spiro atoms. The van der Waals surface area contributed by atoms with E-state index in [-0.39, 0.29) is 6.10 Å². The van der Waals surface area contributed by atoms with Gasteiger partial charge in [-0.25, -0.2) is 0 Å². The van der Waals surface area contributed by atoms with Gasteiger partial charge in [0.25, 0.3) is 0 Å². The highest BCUT2D eigenvalue weighted by atomic mass is 16.5. The van der Waals surface area contributed by atoms with Gasteiger partial charge >= 0.3 is 0 Å². The van der Waals surface area contributed by atoms with Crippen molar-refractivity contribution in [1.82, 2.24) is 5.32 Å². The van der Waals surface area contributed by atoms with E-state index in [9.17, 15) is 5.11 Å². The summed E-state index contributed by atoms with van der Waals surface area (Å²) in [5, 5.41) is 13.3. The molecule has 2 N–H and O–H groups in total. The third kappa shape index (κ3) is 4.81. The molecule has 16 heavy (non-hydrogen) atoms. The van der Waals surface area contributed by atoms with Crippen LogP contribution in [0.5, 0.6) is 0 Å². The van der Waals surface area contributed by atoms with Gasteiger partial charge in [0.05, 0.1) is 12.7 Å². The minimum Gasteiger partial charge on any atom is -0.392 e. The second-order valence-electron chi connectivity index (χ2n) is 5.44. The summed E-state index contributed by atoms with van der Waals surface area (Å²) in [5.74, 6) is 2.01. The Morgan fingerprint density at radius 3 is 2.44 bits per heavy atom. The van der Waals surface area contributed by atoms with Crippen LogP contribution < -0.4 is 5.32 Å². The van der Waals surface area contributed by atoms with Crippen LogP contribution in [0.1, 0.15) is 33.1 Å². The molecule has 0 aromatic rings. The smallest absolute Gasteiger partial charge is 0.0692 e. The summed E-state index contributed by atoms with van der Waals surface area (Å²) in [5.41, 5.74) is 0. The third-order valence-electron chi connectivity index (χ3n) is 3.60. The highest BCUT2D eigenvalue weighted by Crippen LogP contribution is 2.34. The molecule has 96 valence electrons. The van der Waals surface area contributed by atoms with Crippen LogP contribution >= 0.6 is 0 Å². The van der Waals surface area contributed by atoms with Crippen LogP contribution in [-0.4, -0.2) is 38.0 Å². The van der Waals surface area contributed by atoms with Crippen molar-refractivity contribution < 1.29 is 9.84 Å². The standard InChI is InChI=1S/C13H27NO2/c1-10-6-11(2)8-12(7-10)13(15)9-14-4-5-16-3/h10-15H,4-9H2,1-3H3. The Kier molecular flexibility index (Phi) is 6.32. The Labute approximate surface area is 99.6 Å². The van der Waals surface area contributed by atoms with E-state index < -0.39 is 0 Å². The Balaban J connectivity index is 2.21. The van der Waals surface area contributed by atoms with Crippen LogP contribution in [-0.2, 0) is 4.74 Å². The fourth-order valence-electron chi connectivity index (χ4n) is 2.91. The lowest BCUT2D eigenvalue weighted by Gasteiger charge is -2.34. The fourth-order valence-corrected chi connectivity index (χ4v) is 2.91. The summed E-state index contributed by atoms with van der Waals surface area (Å²) in [6.45, 7) is 6.84. The van der Waals surface area contributed by atoms with E-state index >= 15 is 0 Å². The SMILES string of the molecule is COCCNCC(O)C1CC(C)CC(C)C1. The van der Waals surface area contributed by atoms with Gasteiger partial charge in [0, 0.05) is 20.2 Å². The van der Waals surface area contributed by atoms with Crippen molar-refractivity contribution in [1.29, 1.82) is 0 Å². The van der Waals surface area contributed by atoms with Crippen LogP contribution in [0.3, 0.4) is 0 Å². The molecule has 0 amide bonds. The lowest BCUT2D eigenvalue weighted by molar-refractivity contribution is 0.0545. The number of hydrogen-bond acceptors (Lipinski definition) is 3. The highest BCUT2D eigenvalue weighted by molar-refractivity contribution is 4.80. The number of aliphatic hydroxyl groups excluding tert-OH is 1. The van der Waals surface area contributed by atoms with Gasteiger partial charge in [-0.2, -0.15) is 0 Å². The van der Waals surface area contributed by atoms with E-state index in [1.165, 1.54) is 19.3 Å². The van der Waals surface area contributed by atoms with E-state index in [4.69, 9.17) is 4.74 Å². The Hall–Kier alpha value is -0.120. The molecular formula is C13H27NO2. The van der Waals surface area contributed by atoms with Crippen molar-refractivity contribution >= 4 is 0 Å². The molecule has 1 aliphatic carbocycles. The highest BCUT2D eigenvalue weighted by Gasteiger charge is 2.28. The number of aliphatic hydroxyl groups is 1. The maximum Gasteiger partial charge on any atom is 0.0692 e. The lowest BCUT2D eigenvalue weighted by atomic mass is 9.74. The first-order chi connectivity index (χ1) is 7.63. The Morgan fingerprint density at radius 2 is 1.88 bits per heavy atom. The van der Waals surface area contributed by atoms with Gasteiger partial charge in [0.1, 0.15) is 0 Å². The van der Waals surface area contributed by atoms with Gasteiger partial charge in [-0.05, 0) is 37.0 Å². The normalized spacial score (nSPS) is 32.6. The lowest BCUT2D eigenvalue weighted by Crippen LogP contribution is -2.37. The van der Waals surface area contributed by atoms with Crippen LogP contribution in [0.25, 0.3) is 0 Å². The molecule has 1 saturated carbocycles. The van der Waals surface area contributed by atoms with E-state index in [0.717, 1.165) is 18.4 Å². The summed E-state index contributed by atoms with van der Waals surface area (Å²) < 4.78 is 4.96. The second-order valence-corrected chi connectivity index (χ2v) is 5.44. The molecule has 0 bridgehead atoms. The maximum absolute atomic E-state index is 10.1. The molecular weight excluding hydrogens is 202 g/mol. The molecule has 0 saturated heterocycles. The monoisotopic (exact) mass is 229 g/mol. The summed E-state index contributed by atoms with van der Waals surface area (Å²) in [4.78, 5) is 0. The van der Waals surface area contributed by atoms with Gasteiger partial charge in [0.15, 0.2) is 0 Å². The van der Waals surface area contributed by atoms with Crippen molar-refractivity contribution in [3.63, 3.8) is 0 Å². The fraction of sp³-hybridized carbons (Fsp3) is 1.00. The summed E-state index contributed by atoms with van der Waals surface area (Å²) >= 11 is 0. The molecule has 0 aromatic heterocycles. The van der Waals surface area contributed by atoms with Gasteiger partial charge in [-0.1, -0.05) is 13.8 Å². The van der Waals surface area contributed by atoms with Gasteiger partial charge in [0.2, 0.25) is 0 Å². The van der Waals surface area contributed by atoms with Crippen LogP contribution in [0.15, 0.2) is 0 Å². The first-order valence-corrected chi connectivity index (χ1v) is 6.51. The summed E-state index contributed by atoms with van der Waals surface area (Å²) in [6.07, 6.45) is 3.48. The predicted octanol–water partition coefficient (Wildman–Crippen LogP) is 1.66. The number of ether oxygens (including phenoxy) is 1. The van der Waals surface area contributed by atoms with Gasteiger partial charge in [-0.15, -0.1) is 0 Å². The van der Waals surface area contributed by atoms with Gasteiger partial charge in [-0.3, -0.25) is 0 Å². The summed E-state index contributed by atoms with van der Waals surface area (Å²) in [7, 11) is 1.70. The number of hydrogen-bond donors (Lipinski definition) is 2. The number of nitrogens with one attached hydrogen (secondary N) is 1. The molecule has 1 fully saturated rings. The zero-order valence-electron chi connectivity index (χ0n) is 10.9. The number of methoxy groups -OCH3 is 1. The van der Waals surface area contributed by atoms with Crippen molar-refractivity contribution in [2.24, 2.45) is 17.8 Å². The molecule has 0 aromatic carbocycles. The first kappa shape index (κ1) is 13.9. The molecule has 3 heteroatoms. The van der Waals surface area contributed by atoms with E-state index in [1.54, 1.807) is 7.11 Å². The largest absolute Gasteiger partial charge is 0.392 e. The van der Waals surface area contributed by atoms with Crippen molar-refractivity contribution in [3.8, 4) is 0 Å². The average molecular weight is 229 g/mol. The minimum atomic E-state index is -0.193. The average Bonchev–Trinajstić information content (AvgIpc) is 2.22. The first-order valence-electron chi connectivity index (χ1n) is 6.51. The molecule has 0 aliphatic heterocycles. The zero-order chi connectivity index (χ0) is 12.0. The summed E-state index contributed by atoms with van der Waals surface area (Å²) in [6, 6.07) is 0. The predicted molar refractivity (Wildman–Crippen MR) is 66.4 cm³/mol. The quantitative estimate of drug-likeness (QED) is 0.681. The number of rotatable bonds is 6. The third-order valence-corrected chi connectivity index (χ3v) is 3.60. The second kappa shape index (κ2) is 7.25. The maximum atomic E-state index is 10.1. The molecule has 1 rings (SSSR count). The Morgan fingerprint density at radius 1 is 1.25 bits per heavy atom. The van der Waals surface area contributed by atoms with E-state index in [2.05, 4.69) is 19.2 Å². The molecule has 3 nitrogen and oxygen atoms in total. The Bertz CT molecular complexity index is 177. The van der Waals surface area contributed by atoms with Gasteiger partial charge < -0.3 is 15.2 Å². The van der Waals surface area contributed by atoms with Crippen LogP contribution in [0.4, 0.5) is 0 Å². The molecule has 1 aliphatic rings. The van der Waals surface area contributed by atoms with Crippen molar-refractivity contribution in [2.45, 2.75) is 39.2 Å². The molecule has 3 unspecified atom stereocenters. The molecule has 0 heterocycles. The van der Waals surface area contributed by atoms with Crippen molar-refractivity contribution in [3.05, 3.63) is 0 Å².